The Morgan fingerprint density at radius 3 is 2.89 bits per heavy atom. The Labute approximate surface area is 110 Å². The Kier molecular flexibility index (Phi) is 2.69. The highest BCUT2D eigenvalue weighted by Crippen LogP contribution is 2.19. The summed E-state index contributed by atoms with van der Waals surface area (Å²) < 4.78 is 3.89. The molecule has 0 unspecified atom stereocenters. The number of aryl methyl sites for hydroxylation is 1. The molecule has 0 saturated carbocycles. The molecule has 100 valence electrons. The molecule has 2 aromatic rings. The van der Waals surface area contributed by atoms with Crippen molar-refractivity contribution in [2.75, 3.05) is 13.6 Å². The molecule has 2 aromatic heterocycles. The first-order valence-corrected chi connectivity index (χ1v) is 6.06. The standard InChI is InChI=1S/C11H15N7O/c1-12-11(19)17-3-4-18-9(6-17)14-15-10(18)8-5-16(2)7-13-8/h5,7H,3-4,6H2,1-2H3,(H,12,19). The lowest BCUT2D eigenvalue weighted by Crippen LogP contribution is -2.43. The molecule has 1 aliphatic heterocycles. The highest BCUT2D eigenvalue weighted by atomic mass is 16.2. The molecule has 0 radical (unpaired) electrons. The van der Waals surface area contributed by atoms with Gasteiger partial charge in [-0.2, -0.15) is 0 Å². The van der Waals surface area contributed by atoms with Gasteiger partial charge in [-0.25, -0.2) is 9.78 Å². The number of fused-ring (bicyclic) bond motifs is 1. The summed E-state index contributed by atoms with van der Waals surface area (Å²) in [5, 5.41) is 11.0. The molecule has 8 nitrogen and oxygen atoms in total. The number of urea groups is 1. The second-order valence-electron chi connectivity index (χ2n) is 4.49. The molecule has 0 aliphatic carbocycles. The SMILES string of the molecule is CNC(=O)N1CCn2c(nnc2-c2cn(C)cn2)C1. The lowest BCUT2D eigenvalue weighted by molar-refractivity contribution is 0.184. The molecule has 0 spiro atoms. The molecule has 0 aromatic carbocycles. The number of amides is 2. The van der Waals surface area contributed by atoms with Crippen molar-refractivity contribution in [1.82, 2.24) is 34.5 Å². The average molecular weight is 261 g/mol. The molecule has 3 rings (SSSR count). The first-order valence-electron chi connectivity index (χ1n) is 6.06. The van der Waals surface area contributed by atoms with Gasteiger partial charge in [-0.3, -0.25) is 0 Å². The van der Waals surface area contributed by atoms with E-state index in [0.29, 0.717) is 19.6 Å². The van der Waals surface area contributed by atoms with Gasteiger partial charge in [0.15, 0.2) is 11.6 Å². The van der Waals surface area contributed by atoms with Crippen LogP contribution in [-0.2, 0) is 20.1 Å². The van der Waals surface area contributed by atoms with E-state index in [1.165, 1.54) is 0 Å². The summed E-state index contributed by atoms with van der Waals surface area (Å²) in [5.41, 5.74) is 0.801. The maximum Gasteiger partial charge on any atom is 0.317 e. The summed E-state index contributed by atoms with van der Waals surface area (Å²) in [6.45, 7) is 1.80. The Hall–Kier alpha value is -2.38. The number of imidazole rings is 1. The Bertz CT molecular complexity index is 614. The van der Waals surface area contributed by atoms with Gasteiger partial charge < -0.3 is 19.4 Å². The number of aromatic nitrogens is 5. The van der Waals surface area contributed by atoms with Crippen LogP contribution in [0.2, 0.25) is 0 Å². The van der Waals surface area contributed by atoms with Gasteiger partial charge in [0.05, 0.1) is 12.9 Å². The average Bonchev–Trinajstić information content (AvgIpc) is 3.02. The van der Waals surface area contributed by atoms with E-state index in [4.69, 9.17) is 0 Å². The summed E-state index contributed by atoms with van der Waals surface area (Å²) in [7, 11) is 3.54. The summed E-state index contributed by atoms with van der Waals surface area (Å²) >= 11 is 0. The molecule has 0 fully saturated rings. The lowest BCUT2D eigenvalue weighted by Gasteiger charge is -2.27. The summed E-state index contributed by atoms with van der Waals surface area (Å²) in [6.07, 6.45) is 3.64. The Morgan fingerprint density at radius 1 is 1.37 bits per heavy atom. The zero-order valence-corrected chi connectivity index (χ0v) is 10.9. The molecule has 3 heterocycles. The highest BCUT2D eigenvalue weighted by Gasteiger charge is 2.24. The van der Waals surface area contributed by atoms with Crippen molar-refractivity contribution in [2.45, 2.75) is 13.1 Å². The van der Waals surface area contributed by atoms with Crippen molar-refractivity contribution in [2.24, 2.45) is 7.05 Å². The van der Waals surface area contributed by atoms with E-state index in [1.807, 2.05) is 22.4 Å². The predicted octanol–water partition coefficient (Wildman–Crippen LogP) is -0.166. The summed E-state index contributed by atoms with van der Waals surface area (Å²) in [5.74, 6) is 1.54. The normalized spacial score (nSPS) is 14.3. The number of carbonyl (C=O) groups is 1. The van der Waals surface area contributed by atoms with Crippen LogP contribution >= 0.6 is 0 Å². The van der Waals surface area contributed by atoms with Crippen LogP contribution in [0.3, 0.4) is 0 Å². The van der Waals surface area contributed by atoms with Gasteiger partial charge in [0.25, 0.3) is 0 Å². The van der Waals surface area contributed by atoms with Crippen molar-refractivity contribution in [3.63, 3.8) is 0 Å². The monoisotopic (exact) mass is 261 g/mol. The summed E-state index contributed by atoms with van der Waals surface area (Å²) in [4.78, 5) is 17.6. The lowest BCUT2D eigenvalue weighted by atomic mass is 10.3. The van der Waals surface area contributed by atoms with Crippen LogP contribution < -0.4 is 5.32 Å². The molecule has 19 heavy (non-hydrogen) atoms. The quantitative estimate of drug-likeness (QED) is 0.773. The van der Waals surface area contributed by atoms with Gasteiger partial charge in [0.2, 0.25) is 0 Å². The molecule has 0 atom stereocenters. The first-order chi connectivity index (χ1) is 9.19. The number of hydrogen-bond acceptors (Lipinski definition) is 4. The van der Waals surface area contributed by atoms with Crippen LogP contribution in [0.4, 0.5) is 4.79 Å². The van der Waals surface area contributed by atoms with Crippen LogP contribution in [0.1, 0.15) is 5.82 Å². The largest absolute Gasteiger partial charge is 0.341 e. The van der Waals surface area contributed by atoms with Crippen molar-refractivity contribution in [1.29, 1.82) is 0 Å². The molecule has 1 aliphatic rings. The van der Waals surface area contributed by atoms with E-state index in [9.17, 15) is 4.79 Å². The number of nitrogens with zero attached hydrogens (tertiary/aromatic N) is 6. The van der Waals surface area contributed by atoms with Gasteiger partial charge in [-0.1, -0.05) is 0 Å². The van der Waals surface area contributed by atoms with Crippen LogP contribution in [0, 0.1) is 0 Å². The fraction of sp³-hybridized carbons (Fsp3) is 0.455. The zero-order chi connectivity index (χ0) is 13.4. The van der Waals surface area contributed by atoms with E-state index in [1.54, 1.807) is 18.3 Å². The maximum atomic E-state index is 11.6. The second kappa shape index (κ2) is 4.38. The number of rotatable bonds is 1. The van der Waals surface area contributed by atoms with E-state index in [0.717, 1.165) is 17.3 Å². The minimum Gasteiger partial charge on any atom is -0.341 e. The summed E-state index contributed by atoms with van der Waals surface area (Å²) in [6, 6.07) is -0.0892. The Morgan fingerprint density at radius 2 is 2.21 bits per heavy atom. The maximum absolute atomic E-state index is 11.6. The molecule has 0 saturated heterocycles. The smallest absolute Gasteiger partial charge is 0.317 e. The first kappa shape index (κ1) is 11.7. The van der Waals surface area contributed by atoms with Crippen LogP contribution in [0.25, 0.3) is 11.5 Å². The molecule has 1 N–H and O–H groups in total. The van der Waals surface area contributed by atoms with Gasteiger partial charge in [-0.15, -0.1) is 10.2 Å². The minimum atomic E-state index is -0.0892. The molecular formula is C11H15N7O. The van der Waals surface area contributed by atoms with Crippen molar-refractivity contribution >= 4 is 6.03 Å². The highest BCUT2D eigenvalue weighted by molar-refractivity contribution is 5.73. The Balaban J connectivity index is 1.90. The van der Waals surface area contributed by atoms with Crippen LogP contribution in [0.15, 0.2) is 12.5 Å². The third-order valence-corrected chi connectivity index (χ3v) is 3.19. The van der Waals surface area contributed by atoms with Gasteiger partial charge in [-0.05, 0) is 0 Å². The van der Waals surface area contributed by atoms with E-state index >= 15 is 0 Å². The van der Waals surface area contributed by atoms with Gasteiger partial charge >= 0.3 is 6.03 Å². The van der Waals surface area contributed by atoms with Crippen molar-refractivity contribution in [3.05, 3.63) is 18.3 Å². The number of hydrogen-bond donors (Lipinski definition) is 1. The van der Waals surface area contributed by atoms with E-state index < -0.39 is 0 Å². The van der Waals surface area contributed by atoms with Crippen LogP contribution in [-0.4, -0.2) is 48.8 Å². The molecule has 0 bridgehead atoms. The van der Waals surface area contributed by atoms with Gasteiger partial charge in [0, 0.05) is 33.4 Å². The van der Waals surface area contributed by atoms with E-state index in [-0.39, 0.29) is 6.03 Å². The second-order valence-corrected chi connectivity index (χ2v) is 4.49. The van der Waals surface area contributed by atoms with Crippen LogP contribution in [0.5, 0.6) is 0 Å². The number of carbonyl (C=O) groups excluding carboxylic acids is 1. The van der Waals surface area contributed by atoms with Gasteiger partial charge in [0.1, 0.15) is 5.69 Å². The fourth-order valence-electron chi connectivity index (χ4n) is 2.21. The third kappa shape index (κ3) is 1.94. The molecule has 8 heteroatoms. The fourth-order valence-corrected chi connectivity index (χ4v) is 2.21. The van der Waals surface area contributed by atoms with Crippen molar-refractivity contribution < 1.29 is 4.79 Å². The van der Waals surface area contributed by atoms with E-state index in [2.05, 4.69) is 20.5 Å². The number of nitrogens with one attached hydrogen (secondary N) is 1. The third-order valence-electron chi connectivity index (χ3n) is 3.19. The molecule has 2 amide bonds. The minimum absolute atomic E-state index is 0.0892. The molecular weight excluding hydrogens is 246 g/mol. The topological polar surface area (TPSA) is 80.9 Å². The zero-order valence-electron chi connectivity index (χ0n) is 10.9. The predicted molar refractivity (Wildman–Crippen MR) is 67.1 cm³/mol. The van der Waals surface area contributed by atoms with Crippen molar-refractivity contribution in [3.8, 4) is 11.5 Å².